The number of furan rings is 1. The van der Waals surface area contributed by atoms with Crippen LogP contribution in [0.3, 0.4) is 0 Å². The Labute approximate surface area is 89.7 Å². The highest BCUT2D eigenvalue weighted by molar-refractivity contribution is 5.08. The van der Waals surface area contributed by atoms with Gasteiger partial charge in [0.05, 0.1) is 13.4 Å². The SMILES string of the molecule is C=C=C(OC)C(C)(O)CCc1ccco1. The maximum absolute atomic E-state index is 10.1. The first kappa shape index (κ1) is 11.6. The number of ether oxygens (including phenoxy) is 1. The summed E-state index contributed by atoms with van der Waals surface area (Å²) in [4.78, 5) is 0. The number of hydrogen-bond acceptors (Lipinski definition) is 3. The molecule has 15 heavy (non-hydrogen) atoms. The van der Waals surface area contributed by atoms with E-state index >= 15 is 0 Å². The first-order valence-electron chi connectivity index (χ1n) is 4.79. The summed E-state index contributed by atoms with van der Waals surface area (Å²) in [7, 11) is 1.49. The Hall–Kier alpha value is -1.44. The van der Waals surface area contributed by atoms with Gasteiger partial charge in [-0.05, 0) is 25.5 Å². The molecular weight excluding hydrogens is 192 g/mol. The van der Waals surface area contributed by atoms with Crippen molar-refractivity contribution < 1.29 is 14.3 Å². The summed E-state index contributed by atoms with van der Waals surface area (Å²) >= 11 is 0. The average molecular weight is 208 g/mol. The molecule has 0 aromatic carbocycles. The van der Waals surface area contributed by atoms with E-state index in [1.54, 1.807) is 13.2 Å². The minimum atomic E-state index is -1.05. The van der Waals surface area contributed by atoms with Gasteiger partial charge in [-0.25, -0.2) is 0 Å². The standard InChI is InChI=1S/C12H16O3/c1-4-11(14-3)12(2,13)8-7-10-6-5-9-15-10/h5-6,9,13H,1,7-8H2,2-3H3. The van der Waals surface area contributed by atoms with Crippen molar-refractivity contribution in [2.75, 3.05) is 7.11 Å². The highest BCUT2D eigenvalue weighted by atomic mass is 16.5. The van der Waals surface area contributed by atoms with E-state index in [1.165, 1.54) is 7.11 Å². The van der Waals surface area contributed by atoms with Gasteiger partial charge in [-0.15, -0.1) is 0 Å². The van der Waals surface area contributed by atoms with Gasteiger partial charge in [-0.2, -0.15) is 0 Å². The third-order valence-electron chi connectivity index (χ3n) is 2.29. The zero-order valence-corrected chi connectivity index (χ0v) is 9.12. The van der Waals surface area contributed by atoms with Gasteiger partial charge in [0, 0.05) is 6.42 Å². The fourth-order valence-electron chi connectivity index (χ4n) is 1.42. The third-order valence-corrected chi connectivity index (χ3v) is 2.29. The predicted octanol–water partition coefficient (Wildman–Crippen LogP) is 2.28. The van der Waals surface area contributed by atoms with E-state index in [-0.39, 0.29) is 0 Å². The van der Waals surface area contributed by atoms with Crippen LogP contribution in [0.4, 0.5) is 0 Å². The first-order chi connectivity index (χ1) is 7.10. The minimum Gasteiger partial charge on any atom is -0.490 e. The average Bonchev–Trinajstić information content (AvgIpc) is 2.69. The van der Waals surface area contributed by atoms with Crippen LogP contribution in [-0.2, 0) is 11.2 Å². The van der Waals surface area contributed by atoms with E-state index < -0.39 is 5.60 Å². The van der Waals surface area contributed by atoms with Crippen LogP contribution in [0.5, 0.6) is 0 Å². The summed E-state index contributed by atoms with van der Waals surface area (Å²) in [6.45, 7) is 5.15. The normalized spacial score (nSPS) is 14.1. The highest BCUT2D eigenvalue weighted by Crippen LogP contribution is 2.22. The van der Waals surface area contributed by atoms with Crippen LogP contribution in [0.2, 0.25) is 0 Å². The molecule has 0 amide bonds. The second kappa shape index (κ2) is 4.87. The molecular formula is C12H16O3. The molecule has 1 heterocycles. The molecule has 1 N–H and O–H groups in total. The maximum atomic E-state index is 10.1. The Morgan fingerprint density at radius 2 is 2.47 bits per heavy atom. The van der Waals surface area contributed by atoms with Gasteiger partial charge < -0.3 is 14.3 Å². The number of aliphatic hydroxyl groups is 1. The first-order valence-corrected chi connectivity index (χ1v) is 4.79. The van der Waals surface area contributed by atoms with Crippen molar-refractivity contribution in [2.45, 2.75) is 25.4 Å². The Morgan fingerprint density at radius 1 is 1.73 bits per heavy atom. The van der Waals surface area contributed by atoms with Crippen molar-refractivity contribution in [1.29, 1.82) is 0 Å². The van der Waals surface area contributed by atoms with Crippen LogP contribution >= 0.6 is 0 Å². The molecule has 1 aromatic rings. The third kappa shape index (κ3) is 3.01. The fraction of sp³-hybridized carbons (Fsp3) is 0.417. The molecule has 0 radical (unpaired) electrons. The topological polar surface area (TPSA) is 42.6 Å². The molecule has 3 heteroatoms. The summed E-state index contributed by atoms with van der Waals surface area (Å²) < 4.78 is 10.2. The monoisotopic (exact) mass is 208 g/mol. The Bertz CT molecular complexity index is 343. The molecule has 3 nitrogen and oxygen atoms in total. The van der Waals surface area contributed by atoms with Crippen LogP contribution in [0.15, 0.2) is 40.9 Å². The molecule has 1 rings (SSSR count). The molecule has 0 fully saturated rings. The maximum Gasteiger partial charge on any atom is 0.168 e. The van der Waals surface area contributed by atoms with Crippen molar-refractivity contribution in [2.24, 2.45) is 0 Å². The van der Waals surface area contributed by atoms with E-state index in [0.29, 0.717) is 18.6 Å². The summed E-state index contributed by atoms with van der Waals surface area (Å²) in [6, 6.07) is 3.70. The van der Waals surface area contributed by atoms with E-state index in [2.05, 4.69) is 12.3 Å². The molecule has 1 atom stereocenters. The second-order valence-corrected chi connectivity index (χ2v) is 3.56. The number of rotatable bonds is 5. The Balaban J connectivity index is 2.60. The van der Waals surface area contributed by atoms with E-state index in [4.69, 9.17) is 9.15 Å². The van der Waals surface area contributed by atoms with Crippen molar-refractivity contribution in [1.82, 2.24) is 0 Å². The lowest BCUT2D eigenvalue weighted by molar-refractivity contribution is 0.0313. The zero-order valence-electron chi connectivity index (χ0n) is 9.12. The smallest absolute Gasteiger partial charge is 0.168 e. The summed E-state index contributed by atoms with van der Waals surface area (Å²) in [5.74, 6) is 1.20. The van der Waals surface area contributed by atoms with E-state index in [1.807, 2.05) is 12.1 Å². The number of methoxy groups -OCH3 is 1. The van der Waals surface area contributed by atoms with E-state index in [9.17, 15) is 5.11 Å². The summed E-state index contributed by atoms with van der Waals surface area (Å²) in [5.41, 5.74) is 1.53. The van der Waals surface area contributed by atoms with Gasteiger partial charge in [-0.3, -0.25) is 0 Å². The highest BCUT2D eigenvalue weighted by Gasteiger charge is 2.26. The molecule has 0 aliphatic carbocycles. The Morgan fingerprint density at radius 3 is 2.93 bits per heavy atom. The zero-order chi connectivity index (χ0) is 11.3. The van der Waals surface area contributed by atoms with Gasteiger partial charge in [0.25, 0.3) is 0 Å². The largest absolute Gasteiger partial charge is 0.490 e. The summed E-state index contributed by atoms with van der Waals surface area (Å²) in [5, 5.41) is 10.1. The molecule has 0 saturated heterocycles. The van der Waals surface area contributed by atoms with Crippen molar-refractivity contribution >= 4 is 0 Å². The fourth-order valence-corrected chi connectivity index (χ4v) is 1.42. The Kier molecular flexibility index (Phi) is 3.78. The number of aryl methyl sites for hydroxylation is 1. The lowest BCUT2D eigenvalue weighted by Crippen LogP contribution is -2.28. The van der Waals surface area contributed by atoms with Crippen LogP contribution in [0, 0.1) is 0 Å². The van der Waals surface area contributed by atoms with Crippen LogP contribution in [0.25, 0.3) is 0 Å². The van der Waals surface area contributed by atoms with Crippen LogP contribution in [-0.4, -0.2) is 17.8 Å². The lowest BCUT2D eigenvalue weighted by atomic mass is 9.97. The van der Waals surface area contributed by atoms with Gasteiger partial charge in [0.2, 0.25) is 0 Å². The van der Waals surface area contributed by atoms with Crippen molar-refractivity contribution in [3.63, 3.8) is 0 Å². The molecule has 0 spiro atoms. The minimum absolute atomic E-state index is 0.356. The van der Waals surface area contributed by atoms with Crippen molar-refractivity contribution in [3.8, 4) is 0 Å². The van der Waals surface area contributed by atoms with Crippen LogP contribution in [0.1, 0.15) is 19.1 Å². The molecule has 1 unspecified atom stereocenters. The molecule has 1 aromatic heterocycles. The molecule has 0 bridgehead atoms. The van der Waals surface area contributed by atoms with Gasteiger partial charge in [0.1, 0.15) is 11.4 Å². The van der Waals surface area contributed by atoms with Crippen molar-refractivity contribution in [3.05, 3.63) is 42.2 Å². The molecule has 82 valence electrons. The number of hydrogen-bond donors (Lipinski definition) is 1. The quantitative estimate of drug-likeness (QED) is 0.596. The summed E-state index contributed by atoms with van der Waals surface area (Å²) in [6.07, 6.45) is 2.77. The molecule has 0 aliphatic heterocycles. The molecule has 0 aliphatic rings. The van der Waals surface area contributed by atoms with Gasteiger partial charge in [-0.1, -0.05) is 12.3 Å². The molecule has 0 saturated carbocycles. The van der Waals surface area contributed by atoms with Gasteiger partial charge >= 0.3 is 0 Å². The van der Waals surface area contributed by atoms with Crippen LogP contribution < -0.4 is 0 Å². The van der Waals surface area contributed by atoms with Gasteiger partial charge in [0.15, 0.2) is 5.76 Å². The van der Waals surface area contributed by atoms with E-state index in [0.717, 1.165) is 5.76 Å². The predicted molar refractivity (Wildman–Crippen MR) is 57.3 cm³/mol. The lowest BCUT2D eigenvalue weighted by Gasteiger charge is -2.23. The second-order valence-electron chi connectivity index (χ2n) is 3.56.